The van der Waals surface area contributed by atoms with E-state index >= 15 is 0 Å². The second-order valence-corrected chi connectivity index (χ2v) is 9.18. The molecule has 3 rings (SSSR count). The van der Waals surface area contributed by atoms with Gasteiger partial charge >= 0.3 is 5.97 Å². The van der Waals surface area contributed by atoms with Gasteiger partial charge in [-0.3, -0.25) is 14.4 Å². The van der Waals surface area contributed by atoms with Crippen molar-refractivity contribution in [1.82, 2.24) is 10.2 Å². The number of aliphatic hydroxyl groups is 1. The molecule has 0 aromatic heterocycles. The summed E-state index contributed by atoms with van der Waals surface area (Å²) in [6.07, 6.45) is 8.15. The first-order valence-corrected chi connectivity index (χ1v) is 12.0. The van der Waals surface area contributed by atoms with E-state index in [2.05, 4.69) is 5.32 Å². The van der Waals surface area contributed by atoms with Gasteiger partial charge in [0.25, 0.3) is 0 Å². The van der Waals surface area contributed by atoms with E-state index in [-0.39, 0.29) is 55.4 Å². The van der Waals surface area contributed by atoms with Crippen molar-refractivity contribution in [2.45, 2.75) is 64.0 Å². The van der Waals surface area contributed by atoms with Crippen molar-refractivity contribution in [3.05, 3.63) is 48.0 Å². The van der Waals surface area contributed by atoms with Crippen LogP contribution in [0, 0.1) is 11.8 Å². The lowest BCUT2D eigenvalue weighted by Crippen LogP contribution is -2.43. The highest BCUT2D eigenvalue weighted by molar-refractivity contribution is 5.86. The Morgan fingerprint density at radius 2 is 1.94 bits per heavy atom. The number of carbonyl (C=O) groups is 3. The fourth-order valence-corrected chi connectivity index (χ4v) is 4.57. The molecule has 1 aromatic carbocycles. The second-order valence-electron chi connectivity index (χ2n) is 9.18. The van der Waals surface area contributed by atoms with Crippen LogP contribution in [0.3, 0.4) is 0 Å². The molecule has 2 heterocycles. The molecule has 1 aromatic rings. The molecule has 7 heteroatoms. The molecule has 2 aliphatic rings. The summed E-state index contributed by atoms with van der Waals surface area (Å²) in [5.74, 6) is -1.29. The number of hydrogen-bond donors (Lipinski definition) is 2. The molecule has 0 aliphatic carbocycles. The fourth-order valence-electron chi connectivity index (χ4n) is 4.57. The van der Waals surface area contributed by atoms with E-state index in [1.807, 2.05) is 42.5 Å². The summed E-state index contributed by atoms with van der Waals surface area (Å²) in [5.41, 5.74) is 1.09. The molecule has 7 nitrogen and oxygen atoms in total. The van der Waals surface area contributed by atoms with Gasteiger partial charge in [0.2, 0.25) is 11.8 Å². The number of benzene rings is 1. The number of hydrogen-bond acceptors (Lipinski definition) is 5. The highest BCUT2D eigenvalue weighted by Crippen LogP contribution is 2.22. The zero-order valence-electron chi connectivity index (χ0n) is 19.4. The van der Waals surface area contributed by atoms with Gasteiger partial charge in [-0.25, -0.2) is 0 Å². The molecular formula is C26H36N2O5. The monoisotopic (exact) mass is 456 g/mol. The SMILES string of the molecule is CC1COC(=O)C(Cc2ccccc2)CCC=CCC(CC(=O)N2CCCC2CO)C(=O)N1. The predicted molar refractivity (Wildman–Crippen MR) is 125 cm³/mol. The van der Waals surface area contributed by atoms with Crippen molar-refractivity contribution in [2.24, 2.45) is 11.8 Å². The number of nitrogens with zero attached hydrogens (tertiary/aromatic N) is 1. The van der Waals surface area contributed by atoms with E-state index in [1.54, 1.807) is 11.8 Å². The fraction of sp³-hybridized carbons (Fsp3) is 0.577. The number of cyclic esters (lactones) is 1. The maximum absolute atomic E-state index is 12.9. The number of allylic oxidation sites excluding steroid dienone is 2. The Balaban J connectivity index is 1.65. The summed E-state index contributed by atoms with van der Waals surface area (Å²) in [6.45, 7) is 2.48. The van der Waals surface area contributed by atoms with Crippen LogP contribution >= 0.6 is 0 Å². The molecule has 2 N–H and O–H groups in total. The Bertz CT molecular complexity index is 825. The van der Waals surface area contributed by atoms with Crippen LogP contribution in [0.1, 0.15) is 51.0 Å². The number of nitrogens with one attached hydrogen (secondary N) is 1. The predicted octanol–water partition coefficient (Wildman–Crippen LogP) is 2.62. The minimum absolute atomic E-state index is 0.0466. The topological polar surface area (TPSA) is 95.9 Å². The van der Waals surface area contributed by atoms with Gasteiger partial charge in [0.1, 0.15) is 6.61 Å². The lowest BCUT2D eigenvalue weighted by molar-refractivity contribution is -0.150. The maximum atomic E-state index is 12.9. The van der Waals surface area contributed by atoms with Crippen molar-refractivity contribution in [3.63, 3.8) is 0 Å². The number of carbonyl (C=O) groups excluding carboxylic acids is 3. The largest absolute Gasteiger partial charge is 0.463 e. The van der Waals surface area contributed by atoms with Gasteiger partial charge in [-0.05, 0) is 51.0 Å². The molecule has 1 saturated heterocycles. The molecule has 1 fully saturated rings. The van der Waals surface area contributed by atoms with E-state index < -0.39 is 5.92 Å². The summed E-state index contributed by atoms with van der Waals surface area (Å²) in [5, 5.41) is 12.4. The Kier molecular flexibility index (Phi) is 9.48. The van der Waals surface area contributed by atoms with Crippen LogP contribution in [-0.4, -0.2) is 59.6 Å². The van der Waals surface area contributed by atoms with E-state index in [0.717, 1.165) is 18.4 Å². The number of ether oxygens (including phenoxy) is 1. The first-order valence-electron chi connectivity index (χ1n) is 12.0. The standard InChI is InChI=1S/C26H36N2O5/c1-19-18-33-26(32)22(15-20-9-4-2-5-10-20)12-7-3-6-11-21(25(31)27-19)16-24(30)28-14-8-13-23(28)17-29/h2-6,9-10,19,21-23,29H,7-8,11-18H2,1H3,(H,27,31). The number of amides is 2. The van der Waals surface area contributed by atoms with Crippen LogP contribution in [0.5, 0.6) is 0 Å². The van der Waals surface area contributed by atoms with Gasteiger partial charge in [-0.1, -0.05) is 42.5 Å². The summed E-state index contributed by atoms with van der Waals surface area (Å²) in [4.78, 5) is 40.2. The maximum Gasteiger partial charge on any atom is 0.309 e. The number of aliphatic hydroxyl groups excluding tert-OH is 1. The lowest BCUT2D eigenvalue weighted by Gasteiger charge is -2.26. The van der Waals surface area contributed by atoms with Gasteiger partial charge in [-0.2, -0.15) is 0 Å². The molecular weight excluding hydrogens is 420 g/mol. The van der Waals surface area contributed by atoms with Crippen LogP contribution in [0.25, 0.3) is 0 Å². The van der Waals surface area contributed by atoms with E-state index in [0.29, 0.717) is 32.2 Å². The van der Waals surface area contributed by atoms with E-state index in [1.165, 1.54) is 0 Å². The highest BCUT2D eigenvalue weighted by atomic mass is 16.5. The minimum atomic E-state index is -0.493. The molecule has 0 spiro atoms. The smallest absolute Gasteiger partial charge is 0.309 e. The lowest BCUT2D eigenvalue weighted by atomic mass is 9.94. The van der Waals surface area contributed by atoms with Crippen molar-refractivity contribution in [1.29, 1.82) is 0 Å². The Morgan fingerprint density at radius 1 is 1.15 bits per heavy atom. The van der Waals surface area contributed by atoms with Crippen LogP contribution in [0.15, 0.2) is 42.5 Å². The molecule has 2 aliphatic heterocycles. The third-order valence-corrected chi connectivity index (χ3v) is 6.49. The number of likely N-dealkylation sites (tertiary alicyclic amines) is 1. The molecule has 2 amide bonds. The molecule has 0 radical (unpaired) electrons. The molecule has 0 bridgehead atoms. The van der Waals surface area contributed by atoms with Gasteiger partial charge in [0, 0.05) is 13.0 Å². The summed E-state index contributed by atoms with van der Waals surface area (Å²) in [7, 11) is 0. The third-order valence-electron chi connectivity index (χ3n) is 6.49. The van der Waals surface area contributed by atoms with Crippen LogP contribution in [0.2, 0.25) is 0 Å². The summed E-state index contributed by atoms with van der Waals surface area (Å²) < 4.78 is 5.55. The second kappa shape index (κ2) is 12.5. The van der Waals surface area contributed by atoms with Crippen molar-refractivity contribution in [2.75, 3.05) is 19.8 Å². The molecule has 180 valence electrons. The highest BCUT2D eigenvalue weighted by Gasteiger charge is 2.31. The van der Waals surface area contributed by atoms with Crippen molar-refractivity contribution >= 4 is 17.8 Å². The van der Waals surface area contributed by atoms with Crippen LogP contribution in [-0.2, 0) is 25.5 Å². The third kappa shape index (κ3) is 7.42. The quantitative estimate of drug-likeness (QED) is 0.525. The zero-order chi connectivity index (χ0) is 23.6. The summed E-state index contributed by atoms with van der Waals surface area (Å²) in [6, 6.07) is 9.40. The molecule has 4 unspecified atom stereocenters. The normalized spacial score (nSPS) is 27.2. The van der Waals surface area contributed by atoms with Gasteiger partial charge in [-0.15, -0.1) is 0 Å². The van der Waals surface area contributed by atoms with E-state index in [9.17, 15) is 19.5 Å². The van der Waals surface area contributed by atoms with E-state index in [4.69, 9.17) is 4.74 Å². The Hall–Kier alpha value is -2.67. The van der Waals surface area contributed by atoms with Gasteiger partial charge < -0.3 is 20.1 Å². The number of esters is 1. The van der Waals surface area contributed by atoms with Gasteiger partial charge in [0.05, 0.1) is 30.5 Å². The molecule has 0 saturated carbocycles. The average Bonchev–Trinajstić information content (AvgIpc) is 3.30. The number of rotatable bonds is 5. The Labute approximate surface area is 196 Å². The molecule has 4 atom stereocenters. The Morgan fingerprint density at radius 3 is 2.70 bits per heavy atom. The van der Waals surface area contributed by atoms with Crippen molar-refractivity contribution in [3.8, 4) is 0 Å². The first kappa shape index (κ1) is 25.0. The summed E-state index contributed by atoms with van der Waals surface area (Å²) >= 11 is 0. The zero-order valence-corrected chi connectivity index (χ0v) is 19.4. The van der Waals surface area contributed by atoms with Gasteiger partial charge in [0.15, 0.2) is 0 Å². The average molecular weight is 457 g/mol. The minimum Gasteiger partial charge on any atom is -0.463 e. The van der Waals surface area contributed by atoms with Crippen molar-refractivity contribution < 1.29 is 24.2 Å². The first-order chi connectivity index (χ1) is 16.0. The van der Waals surface area contributed by atoms with Crippen LogP contribution in [0.4, 0.5) is 0 Å². The van der Waals surface area contributed by atoms with Crippen LogP contribution < -0.4 is 5.32 Å². The molecule has 33 heavy (non-hydrogen) atoms.